The van der Waals surface area contributed by atoms with Crippen molar-refractivity contribution in [1.29, 1.82) is 0 Å². The summed E-state index contributed by atoms with van der Waals surface area (Å²) in [5, 5.41) is 6.18. The molecule has 1 aromatic carbocycles. The standard InChI is InChI=1S/C24H30ClN5O2S/c1-24(2,3)28-20(31)14-30-10-6-9-29(11-12-30)13-19-26-22(32)21-17(15-33-23(21)27-19)16-7-4-5-8-18(16)25/h4-5,7-8,15H,6,9-14H2,1-3H3,(H,28,31)(H,26,27,32). The van der Waals surface area contributed by atoms with Crippen molar-refractivity contribution in [3.05, 3.63) is 50.8 Å². The number of hydrogen-bond acceptors (Lipinski definition) is 6. The van der Waals surface area contributed by atoms with Gasteiger partial charge in [0.1, 0.15) is 10.7 Å². The van der Waals surface area contributed by atoms with E-state index in [0.717, 1.165) is 48.6 Å². The summed E-state index contributed by atoms with van der Waals surface area (Å²) in [5.74, 6) is 0.721. The van der Waals surface area contributed by atoms with Crippen LogP contribution in [0, 0.1) is 0 Å². The largest absolute Gasteiger partial charge is 0.350 e. The van der Waals surface area contributed by atoms with Gasteiger partial charge in [0.2, 0.25) is 5.91 Å². The lowest BCUT2D eigenvalue weighted by molar-refractivity contribution is -0.123. The van der Waals surface area contributed by atoms with Crippen molar-refractivity contribution in [1.82, 2.24) is 25.1 Å². The van der Waals surface area contributed by atoms with Crippen LogP contribution in [0.1, 0.15) is 33.0 Å². The van der Waals surface area contributed by atoms with E-state index in [-0.39, 0.29) is 17.0 Å². The van der Waals surface area contributed by atoms with Crippen LogP contribution < -0.4 is 10.9 Å². The quantitative estimate of drug-likeness (QED) is 0.573. The lowest BCUT2D eigenvalue weighted by Crippen LogP contribution is -2.46. The zero-order chi connectivity index (χ0) is 23.6. The van der Waals surface area contributed by atoms with Crippen molar-refractivity contribution in [2.24, 2.45) is 0 Å². The maximum Gasteiger partial charge on any atom is 0.260 e. The summed E-state index contributed by atoms with van der Waals surface area (Å²) in [6.45, 7) is 10.4. The molecule has 2 aromatic heterocycles. The van der Waals surface area contributed by atoms with Gasteiger partial charge in [-0.3, -0.25) is 19.4 Å². The Morgan fingerprint density at radius 2 is 1.88 bits per heavy atom. The van der Waals surface area contributed by atoms with E-state index in [1.807, 2.05) is 50.4 Å². The number of nitrogens with one attached hydrogen (secondary N) is 2. The number of carbonyl (C=O) groups is 1. The predicted molar refractivity (Wildman–Crippen MR) is 135 cm³/mol. The molecule has 2 N–H and O–H groups in total. The summed E-state index contributed by atoms with van der Waals surface area (Å²) in [7, 11) is 0. The number of fused-ring (bicyclic) bond motifs is 1. The first-order valence-electron chi connectivity index (χ1n) is 11.2. The molecule has 4 rings (SSSR count). The van der Waals surface area contributed by atoms with Crippen LogP contribution in [0.25, 0.3) is 21.3 Å². The Kier molecular flexibility index (Phi) is 7.19. The van der Waals surface area contributed by atoms with Gasteiger partial charge in [0.05, 0.1) is 18.5 Å². The van der Waals surface area contributed by atoms with E-state index < -0.39 is 0 Å². The summed E-state index contributed by atoms with van der Waals surface area (Å²) in [4.78, 5) is 38.2. The Hall–Kier alpha value is -2.26. The highest BCUT2D eigenvalue weighted by Crippen LogP contribution is 2.34. The molecule has 33 heavy (non-hydrogen) atoms. The Morgan fingerprint density at radius 3 is 2.64 bits per heavy atom. The highest BCUT2D eigenvalue weighted by molar-refractivity contribution is 7.17. The third kappa shape index (κ3) is 6.00. The van der Waals surface area contributed by atoms with Crippen LogP contribution in [0.2, 0.25) is 5.02 Å². The zero-order valence-corrected chi connectivity index (χ0v) is 20.9. The van der Waals surface area contributed by atoms with Crippen molar-refractivity contribution in [2.45, 2.75) is 39.3 Å². The van der Waals surface area contributed by atoms with Crippen molar-refractivity contribution in [2.75, 3.05) is 32.7 Å². The number of carbonyl (C=O) groups excluding carboxylic acids is 1. The van der Waals surface area contributed by atoms with Crippen LogP contribution in [0.5, 0.6) is 0 Å². The molecule has 1 fully saturated rings. The molecular weight excluding hydrogens is 458 g/mol. The molecule has 9 heteroatoms. The number of halogens is 1. The monoisotopic (exact) mass is 487 g/mol. The van der Waals surface area contributed by atoms with E-state index in [0.29, 0.717) is 29.3 Å². The molecule has 1 amide bonds. The van der Waals surface area contributed by atoms with Crippen LogP contribution in [0.3, 0.4) is 0 Å². The molecule has 7 nitrogen and oxygen atoms in total. The molecule has 0 bridgehead atoms. The number of aromatic amines is 1. The van der Waals surface area contributed by atoms with Crippen LogP contribution >= 0.6 is 22.9 Å². The van der Waals surface area contributed by atoms with Gasteiger partial charge in [-0.05, 0) is 46.3 Å². The third-order valence-electron chi connectivity index (χ3n) is 5.59. The average Bonchev–Trinajstić information content (AvgIpc) is 3.03. The smallest absolute Gasteiger partial charge is 0.260 e. The van der Waals surface area contributed by atoms with Gasteiger partial charge < -0.3 is 10.3 Å². The molecule has 1 aliphatic rings. The number of hydrogen-bond donors (Lipinski definition) is 2. The topological polar surface area (TPSA) is 81.3 Å². The normalized spacial score (nSPS) is 16.1. The summed E-state index contributed by atoms with van der Waals surface area (Å²) < 4.78 is 0. The Bertz CT molecular complexity index is 1200. The first kappa shape index (κ1) is 23.9. The third-order valence-corrected chi connectivity index (χ3v) is 6.79. The van der Waals surface area contributed by atoms with Crippen LogP contribution in [-0.4, -0.2) is 63.9 Å². The predicted octanol–water partition coefficient (Wildman–Crippen LogP) is 3.73. The van der Waals surface area contributed by atoms with Crippen molar-refractivity contribution in [3.63, 3.8) is 0 Å². The minimum Gasteiger partial charge on any atom is -0.350 e. The van der Waals surface area contributed by atoms with Gasteiger partial charge in [0.25, 0.3) is 5.56 Å². The highest BCUT2D eigenvalue weighted by Gasteiger charge is 2.21. The van der Waals surface area contributed by atoms with Gasteiger partial charge in [-0.1, -0.05) is 29.8 Å². The van der Waals surface area contributed by atoms with Gasteiger partial charge in [-0.2, -0.15) is 0 Å². The SMILES string of the molecule is CC(C)(C)NC(=O)CN1CCCN(Cc2nc3scc(-c4ccccc4Cl)c3c(=O)[nH]2)CC1. The first-order valence-corrected chi connectivity index (χ1v) is 12.5. The number of amides is 1. The van der Waals surface area contributed by atoms with Gasteiger partial charge in [0.15, 0.2) is 0 Å². The molecule has 0 atom stereocenters. The summed E-state index contributed by atoms with van der Waals surface area (Å²) in [6.07, 6.45) is 0.963. The van der Waals surface area contributed by atoms with Crippen LogP contribution in [0.15, 0.2) is 34.4 Å². The molecule has 0 unspecified atom stereocenters. The molecule has 0 radical (unpaired) electrons. The van der Waals surface area contributed by atoms with E-state index in [2.05, 4.69) is 20.1 Å². The number of aromatic nitrogens is 2. The molecule has 1 aliphatic heterocycles. The number of nitrogens with zero attached hydrogens (tertiary/aromatic N) is 3. The minimum atomic E-state index is -0.224. The van der Waals surface area contributed by atoms with Gasteiger partial charge >= 0.3 is 0 Å². The number of thiophene rings is 1. The summed E-state index contributed by atoms with van der Waals surface area (Å²) in [5.41, 5.74) is 1.30. The van der Waals surface area contributed by atoms with Crippen LogP contribution in [0.4, 0.5) is 0 Å². The van der Waals surface area contributed by atoms with E-state index >= 15 is 0 Å². The second kappa shape index (κ2) is 9.93. The summed E-state index contributed by atoms with van der Waals surface area (Å²) in [6, 6.07) is 7.53. The second-order valence-electron chi connectivity index (χ2n) is 9.53. The number of H-pyrrole nitrogens is 1. The molecule has 3 aromatic rings. The first-order chi connectivity index (χ1) is 15.7. The Balaban J connectivity index is 1.44. The molecular formula is C24H30ClN5O2S. The fourth-order valence-electron chi connectivity index (χ4n) is 4.16. The van der Waals surface area contributed by atoms with Crippen molar-refractivity contribution in [3.8, 4) is 11.1 Å². The highest BCUT2D eigenvalue weighted by atomic mass is 35.5. The van der Waals surface area contributed by atoms with Gasteiger partial charge in [-0.15, -0.1) is 11.3 Å². The Labute approximate surface area is 202 Å². The lowest BCUT2D eigenvalue weighted by Gasteiger charge is -2.25. The van der Waals surface area contributed by atoms with Crippen molar-refractivity contribution >= 4 is 39.1 Å². The molecule has 3 heterocycles. The van der Waals surface area contributed by atoms with Crippen LogP contribution in [-0.2, 0) is 11.3 Å². The summed E-state index contributed by atoms with van der Waals surface area (Å²) >= 11 is 7.82. The zero-order valence-electron chi connectivity index (χ0n) is 19.3. The number of benzene rings is 1. The van der Waals surface area contributed by atoms with E-state index in [1.165, 1.54) is 11.3 Å². The molecule has 0 aliphatic carbocycles. The minimum absolute atomic E-state index is 0.0550. The second-order valence-corrected chi connectivity index (χ2v) is 10.8. The molecule has 0 spiro atoms. The van der Waals surface area contributed by atoms with E-state index in [4.69, 9.17) is 16.6 Å². The molecule has 1 saturated heterocycles. The fraction of sp³-hybridized carbons (Fsp3) is 0.458. The molecule has 176 valence electrons. The fourth-order valence-corrected chi connectivity index (χ4v) is 5.35. The maximum absolute atomic E-state index is 13.0. The van der Waals surface area contributed by atoms with Gasteiger partial charge in [-0.25, -0.2) is 4.98 Å². The average molecular weight is 488 g/mol. The molecule has 0 saturated carbocycles. The Morgan fingerprint density at radius 1 is 1.15 bits per heavy atom. The lowest BCUT2D eigenvalue weighted by atomic mass is 10.1. The van der Waals surface area contributed by atoms with Crippen molar-refractivity contribution < 1.29 is 4.79 Å². The maximum atomic E-state index is 13.0. The van der Waals surface area contributed by atoms with E-state index in [9.17, 15) is 9.59 Å². The number of rotatable bonds is 5. The van der Waals surface area contributed by atoms with Gasteiger partial charge in [0, 0.05) is 40.2 Å². The van der Waals surface area contributed by atoms with E-state index in [1.54, 1.807) is 0 Å².